The molecule has 0 amide bonds. The first-order valence-corrected chi connectivity index (χ1v) is 6.39. The van der Waals surface area contributed by atoms with Gasteiger partial charge in [0.25, 0.3) is 0 Å². The monoisotopic (exact) mass is 269 g/mol. The average Bonchev–Trinajstić information content (AvgIpc) is 2.48. The molecular weight excluding hydrogens is 258 g/mol. The third-order valence-electron chi connectivity index (χ3n) is 2.90. The number of fused-ring (bicyclic) bond motifs is 1. The number of hydrogen-bond donors (Lipinski definition) is 1. The van der Waals surface area contributed by atoms with Gasteiger partial charge in [-0.3, -0.25) is 9.97 Å². The van der Waals surface area contributed by atoms with E-state index in [1.165, 1.54) is 0 Å². The summed E-state index contributed by atoms with van der Waals surface area (Å²) in [6.45, 7) is 0.661. The molecule has 0 saturated heterocycles. The highest BCUT2D eigenvalue weighted by atomic mass is 35.5. The van der Waals surface area contributed by atoms with Crippen LogP contribution in [0.25, 0.3) is 10.9 Å². The number of nitrogens with zero attached hydrogens (tertiary/aromatic N) is 2. The maximum atomic E-state index is 6.17. The second-order valence-corrected chi connectivity index (χ2v) is 4.58. The predicted octanol–water partition coefficient (Wildman–Crippen LogP) is 3.90. The van der Waals surface area contributed by atoms with Crippen LogP contribution in [0, 0.1) is 0 Å². The number of aromatic nitrogens is 2. The quantitative estimate of drug-likeness (QED) is 0.784. The van der Waals surface area contributed by atoms with Gasteiger partial charge in [-0.2, -0.15) is 0 Å². The third kappa shape index (κ3) is 2.51. The van der Waals surface area contributed by atoms with Crippen molar-refractivity contribution in [2.75, 3.05) is 5.32 Å². The minimum atomic E-state index is 0.661. The highest BCUT2D eigenvalue weighted by Crippen LogP contribution is 2.28. The van der Waals surface area contributed by atoms with Gasteiger partial charge in [0.1, 0.15) is 0 Å². The van der Waals surface area contributed by atoms with Gasteiger partial charge in [-0.05, 0) is 36.4 Å². The molecule has 0 radical (unpaired) electrons. The molecule has 4 heteroatoms. The molecule has 3 nitrogen and oxygen atoms in total. The van der Waals surface area contributed by atoms with Crippen LogP contribution in [-0.4, -0.2) is 9.97 Å². The lowest BCUT2D eigenvalue weighted by Crippen LogP contribution is -2.02. The molecule has 2 heterocycles. The van der Waals surface area contributed by atoms with E-state index < -0.39 is 0 Å². The molecule has 3 rings (SSSR count). The Morgan fingerprint density at radius 2 is 1.84 bits per heavy atom. The van der Waals surface area contributed by atoms with Gasteiger partial charge in [0.05, 0.1) is 28.5 Å². The van der Waals surface area contributed by atoms with Crippen molar-refractivity contribution in [2.24, 2.45) is 0 Å². The molecule has 0 aliphatic rings. The summed E-state index contributed by atoms with van der Waals surface area (Å²) >= 11 is 6.17. The Kier molecular flexibility index (Phi) is 3.29. The molecule has 0 spiro atoms. The van der Waals surface area contributed by atoms with Gasteiger partial charge in [-0.1, -0.05) is 17.7 Å². The lowest BCUT2D eigenvalue weighted by atomic mass is 10.2. The summed E-state index contributed by atoms with van der Waals surface area (Å²) in [4.78, 5) is 8.67. The standard InChI is InChI=1S/C15H12ClN3/c16-13-6-7-14(15-12(13)5-3-9-18-15)19-10-11-4-1-2-8-17-11/h1-9,19H,10H2. The topological polar surface area (TPSA) is 37.8 Å². The first kappa shape index (κ1) is 11.9. The highest BCUT2D eigenvalue weighted by molar-refractivity contribution is 6.35. The average molecular weight is 270 g/mol. The molecule has 94 valence electrons. The van der Waals surface area contributed by atoms with Crippen molar-refractivity contribution in [2.45, 2.75) is 6.54 Å². The molecule has 0 saturated carbocycles. The molecule has 1 N–H and O–H groups in total. The van der Waals surface area contributed by atoms with Crippen LogP contribution in [0.4, 0.5) is 5.69 Å². The SMILES string of the molecule is Clc1ccc(NCc2ccccn2)c2ncccc12. The van der Waals surface area contributed by atoms with Crippen LogP contribution in [0.2, 0.25) is 5.02 Å². The molecule has 0 aliphatic heterocycles. The largest absolute Gasteiger partial charge is 0.378 e. The smallest absolute Gasteiger partial charge is 0.0948 e. The highest BCUT2D eigenvalue weighted by Gasteiger charge is 2.05. The Balaban J connectivity index is 1.91. The number of nitrogens with one attached hydrogen (secondary N) is 1. The van der Waals surface area contributed by atoms with E-state index in [-0.39, 0.29) is 0 Å². The predicted molar refractivity (Wildman–Crippen MR) is 78.3 cm³/mol. The summed E-state index contributed by atoms with van der Waals surface area (Å²) in [6, 6.07) is 13.5. The van der Waals surface area contributed by atoms with Crippen LogP contribution in [-0.2, 0) is 6.54 Å². The van der Waals surface area contributed by atoms with E-state index in [4.69, 9.17) is 11.6 Å². The number of benzene rings is 1. The van der Waals surface area contributed by atoms with Crippen molar-refractivity contribution in [1.82, 2.24) is 9.97 Å². The number of halogens is 1. The minimum Gasteiger partial charge on any atom is -0.378 e. The first-order chi connectivity index (χ1) is 9.34. The second-order valence-electron chi connectivity index (χ2n) is 4.17. The lowest BCUT2D eigenvalue weighted by Gasteiger charge is -2.09. The zero-order valence-corrected chi connectivity index (χ0v) is 10.9. The van der Waals surface area contributed by atoms with E-state index in [1.54, 1.807) is 12.4 Å². The maximum Gasteiger partial charge on any atom is 0.0948 e. The molecule has 2 aromatic heterocycles. The molecule has 0 fully saturated rings. The van der Waals surface area contributed by atoms with E-state index >= 15 is 0 Å². The Morgan fingerprint density at radius 1 is 0.947 bits per heavy atom. The fourth-order valence-electron chi connectivity index (χ4n) is 1.97. The van der Waals surface area contributed by atoms with Crippen molar-refractivity contribution in [3.63, 3.8) is 0 Å². The molecule has 0 unspecified atom stereocenters. The first-order valence-electron chi connectivity index (χ1n) is 6.01. The minimum absolute atomic E-state index is 0.661. The van der Waals surface area contributed by atoms with Crippen LogP contribution >= 0.6 is 11.6 Å². The van der Waals surface area contributed by atoms with Crippen molar-refractivity contribution in [1.29, 1.82) is 0 Å². The fraction of sp³-hybridized carbons (Fsp3) is 0.0667. The number of anilines is 1. The van der Waals surface area contributed by atoms with E-state index in [0.717, 1.165) is 22.3 Å². The summed E-state index contributed by atoms with van der Waals surface area (Å²) < 4.78 is 0. The van der Waals surface area contributed by atoms with E-state index in [9.17, 15) is 0 Å². The van der Waals surface area contributed by atoms with Gasteiger partial charge in [0.2, 0.25) is 0 Å². The zero-order valence-electron chi connectivity index (χ0n) is 10.2. The third-order valence-corrected chi connectivity index (χ3v) is 3.23. The van der Waals surface area contributed by atoms with Crippen LogP contribution in [0.15, 0.2) is 54.9 Å². The van der Waals surface area contributed by atoms with Crippen molar-refractivity contribution in [3.8, 4) is 0 Å². The second kappa shape index (κ2) is 5.24. The van der Waals surface area contributed by atoms with Gasteiger partial charge in [-0.25, -0.2) is 0 Å². The van der Waals surface area contributed by atoms with Crippen LogP contribution < -0.4 is 5.32 Å². The van der Waals surface area contributed by atoms with Gasteiger partial charge in [-0.15, -0.1) is 0 Å². The summed E-state index contributed by atoms with van der Waals surface area (Å²) in [7, 11) is 0. The summed E-state index contributed by atoms with van der Waals surface area (Å²) in [5.41, 5.74) is 2.83. The number of rotatable bonds is 3. The normalized spacial score (nSPS) is 10.6. The Bertz CT molecular complexity index is 698. The Morgan fingerprint density at radius 3 is 2.68 bits per heavy atom. The van der Waals surface area contributed by atoms with Crippen molar-refractivity contribution in [3.05, 3.63) is 65.6 Å². The molecule has 0 atom stereocenters. The van der Waals surface area contributed by atoms with E-state index in [0.29, 0.717) is 11.6 Å². The van der Waals surface area contributed by atoms with Crippen LogP contribution in [0.3, 0.4) is 0 Å². The molecule has 19 heavy (non-hydrogen) atoms. The fourth-order valence-corrected chi connectivity index (χ4v) is 2.18. The molecular formula is C15H12ClN3. The maximum absolute atomic E-state index is 6.17. The molecule has 0 bridgehead atoms. The van der Waals surface area contributed by atoms with E-state index in [1.807, 2.05) is 42.5 Å². The Hall–Kier alpha value is -2.13. The molecule has 0 aliphatic carbocycles. The zero-order chi connectivity index (χ0) is 13.1. The van der Waals surface area contributed by atoms with Gasteiger partial charge >= 0.3 is 0 Å². The van der Waals surface area contributed by atoms with E-state index in [2.05, 4.69) is 15.3 Å². The number of hydrogen-bond acceptors (Lipinski definition) is 3. The van der Waals surface area contributed by atoms with Crippen molar-refractivity contribution < 1.29 is 0 Å². The summed E-state index contributed by atoms with van der Waals surface area (Å²) in [5.74, 6) is 0. The number of pyridine rings is 2. The summed E-state index contributed by atoms with van der Waals surface area (Å²) in [5, 5.41) is 5.02. The van der Waals surface area contributed by atoms with Crippen LogP contribution in [0.1, 0.15) is 5.69 Å². The summed E-state index contributed by atoms with van der Waals surface area (Å²) in [6.07, 6.45) is 3.56. The van der Waals surface area contributed by atoms with Gasteiger partial charge in [0.15, 0.2) is 0 Å². The molecule has 3 aromatic rings. The molecule has 1 aromatic carbocycles. The van der Waals surface area contributed by atoms with Crippen LogP contribution in [0.5, 0.6) is 0 Å². The van der Waals surface area contributed by atoms with Gasteiger partial charge < -0.3 is 5.32 Å². The van der Waals surface area contributed by atoms with Gasteiger partial charge in [0, 0.05) is 17.8 Å². The van der Waals surface area contributed by atoms with Crippen molar-refractivity contribution >= 4 is 28.2 Å². The lowest BCUT2D eigenvalue weighted by molar-refractivity contribution is 1.05. The Labute approximate surface area is 116 Å².